The van der Waals surface area contributed by atoms with Gasteiger partial charge in [0.05, 0.1) is 5.69 Å². The largest absolute Gasteiger partial charge is 0.488 e. The summed E-state index contributed by atoms with van der Waals surface area (Å²) in [6.45, 7) is 9.68. The molecular formula is C34H54N4O. The van der Waals surface area contributed by atoms with E-state index >= 15 is 0 Å². The fourth-order valence-corrected chi connectivity index (χ4v) is 9.92. The van der Waals surface area contributed by atoms with E-state index in [1.165, 1.54) is 57.1 Å². The highest BCUT2D eigenvalue weighted by molar-refractivity contribution is 5.60. The molecule has 0 amide bonds. The molecule has 4 aliphatic carbocycles. The number of hydrogen-bond acceptors (Lipinski definition) is 5. The average Bonchev–Trinajstić information content (AvgIpc) is 3.32. The second-order valence-electron chi connectivity index (χ2n) is 13.7. The Hall–Kier alpha value is -2.14. The molecular weight excluding hydrogens is 480 g/mol. The van der Waals surface area contributed by atoms with E-state index in [9.17, 15) is 0 Å². The van der Waals surface area contributed by atoms with E-state index in [1.54, 1.807) is 5.57 Å². The van der Waals surface area contributed by atoms with Crippen LogP contribution in [-0.4, -0.2) is 25.7 Å². The van der Waals surface area contributed by atoms with Crippen LogP contribution in [0.3, 0.4) is 0 Å². The van der Waals surface area contributed by atoms with E-state index in [2.05, 4.69) is 57.5 Å². The Morgan fingerprint density at radius 1 is 1.13 bits per heavy atom. The molecule has 1 aromatic rings. The van der Waals surface area contributed by atoms with Crippen LogP contribution in [0, 0.1) is 40.9 Å². The van der Waals surface area contributed by atoms with Crippen LogP contribution in [0.2, 0.25) is 0 Å². The maximum Gasteiger partial charge on any atom is 0.142 e. The van der Waals surface area contributed by atoms with Gasteiger partial charge in [0.15, 0.2) is 0 Å². The van der Waals surface area contributed by atoms with Gasteiger partial charge in [-0.1, -0.05) is 38.5 Å². The molecule has 0 aromatic heterocycles. The Labute approximate surface area is 237 Å². The summed E-state index contributed by atoms with van der Waals surface area (Å²) in [5.41, 5.74) is 17.0. The zero-order chi connectivity index (χ0) is 27.9. The first-order valence-corrected chi connectivity index (χ1v) is 15.7. The molecule has 3 saturated carbocycles. The molecule has 0 saturated heterocycles. The van der Waals surface area contributed by atoms with E-state index in [1.807, 2.05) is 25.2 Å². The van der Waals surface area contributed by atoms with Crippen LogP contribution in [0.1, 0.15) is 85.5 Å². The Balaban J connectivity index is 1.33. The summed E-state index contributed by atoms with van der Waals surface area (Å²) < 4.78 is 6.54. The van der Waals surface area contributed by atoms with Gasteiger partial charge in [0.25, 0.3) is 0 Å². The number of fused-ring (bicyclic) bond motifs is 5. The third-order valence-electron chi connectivity index (χ3n) is 12.0. The molecule has 9 atom stereocenters. The number of allylic oxidation sites excluding steroid dienone is 3. The van der Waals surface area contributed by atoms with E-state index in [4.69, 9.17) is 16.2 Å². The number of anilines is 2. The topological polar surface area (TPSA) is 85.3 Å². The molecule has 3 fully saturated rings. The molecule has 5 heteroatoms. The van der Waals surface area contributed by atoms with Crippen molar-refractivity contribution in [1.82, 2.24) is 10.6 Å². The summed E-state index contributed by atoms with van der Waals surface area (Å²) in [6.07, 6.45) is 16.6. The second kappa shape index (κ2) is 11.0. The van der Waals surface area contributed by atoms with Crippen LogP contribution in [-0.2, 0) is 0 Å². The lowest BCUT2D eigenvalue weighted by atomic mass is 9.47. The molecule has 5 nitrogen and oxygen atoms in total. The first kappa shape index (κ1) is 28.4. The normalized spacial score (nSPS) is 38.7. The van der Waals surface area contributed by atoms with Crippen LogP contribution < -0.4 is 26.8 Å². The van der Waals surface area contributed by atoms with Gasteiger partial charge >= 0.3 is 0 Å². The molecule has 0 heterocycles. The van der Waals surface area contributed by atoms with Crippen molar-refractivity contribution in [3.63, 3.8) is 0 Å². The minimum absolute atomic E-state index is 0.170. The van der Waals surface area contributed by atoms with Crippen LogP contribution >= 0.6 is 0 Å². The molecule has 216 valence electrons. The molecule has 1 aromatic carbocycles. The fourth-order valence-electron chi connectivity index (χ4n) is 9.92. The standard InChI is InChI=1S/C34H54N4O/c1-21(8-7-9-22(2)37-5)26-13-14-29-25-11-12-27-23(3)31(39-32-15-10-24(35)20-30(32)36)17-18-33(27,4)28(25)16-19-34(26,29)38-6/h9-10,12,15,20-21,23,25-26,28-29,31,37-38H,7-8,11,13-14,16-19,35-36H2,1-6H3/b22-9-. The van der Waals surface area contributed by atoms with Crippen molar-refractivity contribution in [2.24, 2.45) is 40.9 Å². The van der Waals surface area contributed by atoms with Crippen molar-refractivity contribution < 1.29 is 4.74 Å². The Morgan fingerprint density at radius 2 is 1.92 bits per heavy atom. The molecule has 0 bridgehead atoms. The maximum atomic E-state index is 6.54. The SMILES string of the molecule is CN/C(C)=C\CCC(C)C1CCC2C3CC=C4C(C)C(Oc5ccc(N)cc5N)CCC4(C)C3CCC12NC. The van der Waals surface area contributed by atoms with Crippen molar-refractivity contribution >= 4 is 11.4 Å². The number of benzene rings is 1. The van der Waals surface area contributed by atoms with Gasteiger partial charge in [-0.2, -0.15) is 0 Å². The number of ether oxygens (including phenoxy) is 1. The molecule has 39 heavy (non-hydrogen) atoms. The fraction of sp³-hybridized carbons (Fsp3) is 0.706. The quantitative estimate of drug-likeness (QED) is 0.215. The van der Waals surface area contributed by atoms with Crippen molar-refractivity contribution in [1.29, 1.82) is 0 Å². The van der Waals surface area contributed by atoms with Gasteiger partial charge in [-0.05, 0) is 125 Å². The molecule has 9 unspecified atom stereocenters. The van der Waals surface area contributed by atoms with Crippen molar-refractivity contribution in [2.45, 2.75) is 97.1 Å². The molecule has 0 spiro atoms. The lowest BCUT2D eigenvalue weighted by Gasteiger charge is -2.60. The van der Waals surface area contributed by atoms with Gasteiger partial charge < -0.3 is 26.8 Å². The second-order valence-corrected chi connectivity index (χ2v) is 13.7. The summed E-state index contributed by atoms with van der Waals surface area (Å²) in [6, 6.07) is 5.63. The minimum Gasteiger partial charge on any atom is -0.488 e. The monoisotopic (exact) mass is 534 g/mol. The third kappa shape index (κ3) is 4.87. The van der Waals surface area contributed by atoms with Gasteiger partial charge in [-0.25, -0.2) is 0 Å². The van der Waals surface area contributed by atoms with E-state index in [0.717, 1.165) is 41.8 Å². The zero-order valence-corrected chi connectivity index (χ0v) is 25.4. The number of nitrogens with two attached hydrogens (primary N) is 2. The van der Waals surface area contributed by atoms with Gasteiger partial charge in [0.1, 0.15) is 11.9 Å². The van der Waals surface area contributed by atoms with Gasteiger partial charge in [-0.15, -0.1) is 0 Å². The predicted octanol–water partition coefficient (Wildman–Crippen LogP) is 6.91. The van der Waals surface area contributed by atoms with Crippen molar-refractivity contribution in [3.05, 3.63) is 41.6 Å². The van der Waals surface area contributed by atoms with Gasteiger partial charge in [0.2, 0.25) is 0 Å². The molecule has 6 N–H and O–H groups in total. The van der Waals surface area contributed by atoms with E-state index in [-0.39, 0.29) is 11.5 Å². The lowest BCUT2D eigenvalue weighted by molar-refractivity contribution is -0.0435. The molecule has 5 rings (SSSR count). The number of nitrogen functional groups attached to an aromatic ring is 2. The average molecular weight is 535 g/mol. The summed E-state index contributed by atoms with van der Waals surface area (Å²) in [4.78, 5) is 0. The Kier molecular flexibility index (Phi) is 8.03. The molecule has 0 radical (unpaired) electrons. The maximum absolute atomic E-state index is 6.54. The number of rotatable bonds is 8. The smallest absolute Gasteiger partial charge is 0.142 e. The highest BCUT2D eigenvalue weighted by atomic mass is 16.5. The first-order valence-electron chi connectivity index (χ1n) is 15.7. The van der Waals surface area contributed by atoms with Crippen molar-refractivity contribution in [3.8, 4) is 5.75 Å². The zero-order valence-electron chi connectivity index (χ0n) is 25.4. The minimum atomic E-state index is 0.170. The summed E-state index contributed by atoms with van der Waals surface area (Å²) >= 11 is 0. The van der Waals surface area contributed by atoms with Crippen LogP contribution in [0.15, 0.2) is 41.6 Å². The first-order chi connectivity index (χ1) is 18.6. The molecule has 0 aliphatic heterocycles. The van der Waals surface area contributed by atoms with Gasteiger partial charge in [-0.3, -0.25) is 0 Å². The summed E-state index contributed by atoms with van der Waals surface area (Å²) in [5, 5.41) is 7.28. The molecule has 4 aliphatic rings. The van der Waals surface area contributed by atoms with Crippen LogP contribution in [0.5, 0.6) is 5.75 Å². The van der Waals surface area contributed by atoms with E-state index < -0.39 is 0 Å². The number of hydrogen-bond donors (Lipinski definition) is 4. The van der Waals surface area contributed by atoms with Crippen LogP contribution in [0.25, 0.3) is 0 Å². The highest BCUT2D eigenvalue weighted by Crippen LogP contribution is 2.65. The lowest BCUT2D eigenvalue weighted by Crippen LogP contribution is -2.61. The highest BCUT2D eigenvalue weighted by Gasteiger charge is 2.61. The summed E-state index contributed by atoms with van der Waals surface area (Å²) in [5.74, 6) is 5.07. The third-order valence-corrected chi connectivity index (χ3v) is 12.0. The summed E-state index contributed by atoms with van der Waals surface area (Å²) in [7, 11) is 4.29. The number of nitrogens with one attached hydrogen (secondary N) is 2. The predicted molar refractivity (Wildman–Crippen MR) is 164 cm³/mol. The van der Waals surface area contributed by atoms with E-state index in [0.29, 0.717) is 22.8 Å². The van der Waals surface area contributed by atoms with Crippen LogP contribution in [0.4, 0.5) is 11.4 Å². The van der Waals surface area contributed by atoms with Gasteiger partial charge in [0, 0.05) is 29.9 Å². The van der Waals surface area contributed by atoms with Crippen molar-refractivity contribution in [2.75, 3.05) is 25.6 Å². The Bertz CT molecular complexity index is 1100. The Morgan fingerprint density at radius 3 is 2.64 bits per heavy atom.